The molecule has 18 heavy (non-hydrogen) atoms. The van der Waals surface area contributed by atoms with E-state index in [0.717, 1.165) is 12.8 Å². The van der Waals surface area contributed by atoms with E-state index in [4.69, 9.17) is 15.3 Å². The molecule has 3 N–H and O–H groups in total. The van der Waals surface area contributed by atoms with Crippen molar-refractivity contribution in [2.45, 2.75) is 52.9 Å². The molecule has 0 aliphatic heterocycles. The largest absolute Gasteiger partial charge is 0.478 e. The molecule has 0 heterocycles. The number of aliphatic hydroxyl groups is 2. The lowest BCUT2D eigenvalue weighted by atomic mass is 9.95. The van der Waals surface area contributed by atoms with Gasteiger partial charge in [-0.15, -0.1) is 0 Å². The number of carbonyl (C=O) groups is 1. The molecule has 108 valence electrons. The van der Waals surface area contributed by atoms with Gasteiger partial charge in [-0.1, -0.05) is 45.6 Å². The molecule has 0 aromatic rings. The van der Waals surface area contributed by atoms with Crippen LogP contribution in [0.15, 0.2) is 11.6 Å². The number of unbranched alkanes of at least 4 members (excludes halogenated alkanes) is 1. The molecule has 0 aliphatic carbocycles. The monoisotopic (exact) mass is 260 g/mol. The van der Waals surface area contributed by atoms with Crippen molar-refractivity contribution in [1.82, 2.24) is 0 Å². The van der Waals surface area contributed by atoms with E-state index in [2.05, 4.69) is 13.8 Å². The average Bonchev–Trinajstić information content (AvgIpc) is 2.38. The van der Waals surface area contributed by atoms with Crippen LogP contribution in [0, 0.1) is 5.92 Å². The van der Waals surface area contributed by atoms with E-state index < -0.39 is 5.97 Å². The van der Waals surface area contributed by atoms with Gasteiger partial charge in [0.25, 0.3) is 0 Å². The summed E-state index contributed by atoms with van der Waals surface area (Å²) >= 11 is 0. The maximum atomic E-state index is 10.5. The van der Waals surface area contributed by atoms with Crippen molar-refractivity contribution in [3.63, 3.8) is 0 Å². The van der Waals surface area contributed by atoms with E-state index >= 15 is 0 Å². The van der Waals surface area contributed by atoms with Gasteiger partial charge >= 0.3 is 5.97 Å². The van der Waals surface area contributed by atoms with Gasteiger partial charge in [-0.05, 0) is 19.3 Å². The first-order valence-electron chi connectivity index (χ1n) is 6.65. The normalized spacial score (nSPS) is 12.6. The van der Waals surface area contributed by atoms with E-state index in [1.54, 1.807) is 6.92 Å². The maximum Gasteiger partial charge on any atom is 0.330 e. The molecule has 0 aliphatic rings. The van der Waals surface area contributed by atoms with Gasteiger partial charge in [-0.3, -0.25) is 0 Å². The second-order valence-electron chi connectivity index (χ2n) is 4.29. The standard InChI is InChI=1S/C12H22O2.C2H6O2/c1-4-6-7-11(5-2)9-8-10(3)12(13)14;3-1-2-4/h8,11H,4-7,9H2,1-3H3,(H,13,14);3-4H,1-2H2. The van der Waals surface area contributed by atoms with Crippen molar-refractivity contribution in [1.29, 1.82) is 0 Å². The molecule has 0 spiro atoms. The quantitative estimate of drug-likeness (QED) is 0.586. The van der Waals surface area contributed by atoms with Crippen LogP contribution in [0.3, 0.4) is 0 Å². The fourth-order valence-corrected chi connectivity index (χ4v) is 1.41. The summed E-state index contributed by atoms with van der Waals surface area (Å²) in [5.74, 6) is -0.139. The Bertz CT molecular complexity index is 222. The highest BCUT2D eigenvalue weighted by Crippen LogP contribution is 2.17. The highest BCUT2D eigenvalue weighted by atomic mass is 16.4. The van der Waals surface area contributed by atoms with Crippen LogP contribution in [-0.4, -0.2) is 34.5 Å². The number of rotatable bonds is 8. The molecule has 0 aromatic heterocycles. The SMILES string of the molecule is CCCCC(CC)CC=C(C)C(=O)O.OCCO. The molecule has 4 heteroatoms. The molecule has 1 unspecified atom stereocenters. The Morgan fingerprint density at radius 2 is 1.78 bits per heavy atom. The minimum absolute atomic E-state index is 0.125. The van der Waals surface area contributed by atoms with E-state index in [-0.39, 0.29) is 13.2 Å². The predicted octanol–water partition coefficient (Wildman–Crippen LogP) is 2.59. The third kappa shape index (κ3) is 13.2. The number of hydrogen-bond acceptors (Lipinski definition) is 3. The fraction of sp³-hybridized carbons (Fsp3) is 0.786. The van der Waals surface area contributed by atoms with Crippen LogP contribution in [0.1, 0.15) is 52.9 Å². The van der Waals surface area contributed by atoms with Crippen molar-refractivity contribution < 1.29 is 20.1 Å². The number of allylic oxidation sites excluding steroid dienone is 1. The molecular formula is C14H28O4. The van der Waals surface area contributed by atoms with Crippen molar-refractivity contribution in [3.8, 4) is 0 Å². The fourth-order valence-electron chi connectivity index (χ4n) is 1.41. The summed E-state index contributed by atoms with van der Waals surface area (Å²) in [6, 6.07) is 0. The molecule has 0 aromatic carbocycles. The van der Waals surface area contributed by atoms with Gasteiger partial charge in [0.1, 0.15) is 0 Å². The van der Waals surface area contributed by atoms with Gasteiger partial charge in [0.2, 0.25) is 0 Å². The number of aliphatic carboxylic acids is 1. The first-order valence-corrected chi connectivity index (χ1v) is 6.65. The predicted molar refractivity (Wildman–Crippen MR) is 73.5 cm³/mol. The zero-order valence-corrected chi connectivity index (χ0v) is 11.9. The Kier molecular flexibility index (Phi) is 15.4. The molecule has 0 saturated carbocycles. The van der Waals surface area contributed by atoms with Crippen molar-refractivity contribution in [3.05, 3.63) is 11.6 Å². The van der Waals surface area contributed by atoms with Crippen LogP contribution in [0.25, 0.3) is 0 Å². The molecule has 0 amide bonds. The molecule has 0 bridgehead atoms. The summed E-state index contributed by atoms with van der Waals surface area (Å²) in [7, 11) is 0. The number of hydrogen-bond donors (Lipinski definition) is 3. The summed E-state index contributed by atoms with van der Waals surface area (Å²) in [6.45, 7) is 5.77. The van der Waals surface area contributed by atoms with Gasteiger partial charge in [0.15, 0.2) is 0 Å². The van der Waals surface area contributed by atoms with Gasteiger partial charge in [-0.25, -0.2) is 4.79 Å². The van der Waals surface area contributed by atoms with E-state index in [0.29, 0.717) is 11.5 Å². The third-order valence-corrected chi connectivity index (χ3v) is 2.74. The van der Waals surface area contributed by atoms with Gasteiger partial charge in [0, 0.05) is 5.57 Å². The van der Waals surface area contributed by atoms with Crippen molar-refractivity contribution in [2.24, 2.45) is 5.92 Å². The Morgan fingerprint density at radius 1 is 1.22 bits per heavy atom. The molecular weight excluding hydrogens is 232 g/mol. The molecule has 0 radical (unpaired) electrons. The lowest BCUT2D eigenvalue weighted by Gasteiger charge is -2.11. The summed E-state index contributed by atoms with van der Waals surface area (Å²) < 4.78 is 0. The summed E-state index contributed by atoms with van der Waals surface area (Å²) in [6.07, 6.45) is 7.59. The van der Waals surface area contributed by atoms with Crippen LogP contribution in [0.4, 0.5) is 0 Å². The Balaban J connectivity index is 0. The highest BCUT2D eigenvalue weighted by molar-refractivity contribution is 5.85. The smallest absolute Gasteiger partial charge is 0.330 e. The Labute approximate surface area is 110 Å². The van der Waals surface area contributed by atoms with Crippen molar-refractivity contribution in [2.75, 3.05) is 13.2 Å². The highest BCUT2D eigenvalue weighted by Gasteiger charge is 2.05. The maximum absolute atomic E-state index is 10.5. The molecule has 0 saturated heterocycles. The van der Waals surface area contributed by atoms with Crippen LogP contribution < -0.4 is 0 Å². The molecule has 0 rings (SSSR count). The van der Waals surface area contributed by atoms with Crippen molar-refractivity contribution >= 4 is 5.97 Å². The van der Waals surface area contributed by atoms with E-state index in [1.807, 2.05) is 6.08 Å². The third-order valence-electron chi connectivity index (χ3n) is 2.74. The first kappa shape index (κ1) is 19.5. The van der Waals surface area contributed by atoms with Gasteiger partial charge < -0.3 is 15.3 Å². The topological polar surface area (TPSA) is 77.8 Å². The zero-order chi connectivity index (χ0) is 14.4. The van der Waals surface area contributed by atoms with Crippen LogP contribution >= 0.6 is 0 Å². The Hall–Kier alpha value is -0.870. The average molecular weight is 260 g/mol. The summed E-state index contributed by atoms with van der Waals surface area (Å²) in [4.78, 5) is 10.5. The molecule has 4 nitrogen and oxygen atoms in total. The summed E-state index contributed by atoms with van der Waals surface area (Å²) in [5, 5.41) is 23.9. The zero-order valence-electron chi connectivity index (χ0n) is 11.9. The lowest BCUT2D eigenvalue weighted by Crippen LogP contribution is -2.00. The van der Waals surface area contributed by atoms with Crippen LogP contribution in [-0.2, 0) is 4.79 Å². The number of carboxylic acids is 1. The van der Waals surface area contributed by atoms with Gasteiger partial charge in [-0.2, -0.15) is 0 Å². The van der Waals surface area contributed by atoms with Crippen LogP contribution in [0.5, 0.6) is 0 Å². The minimum Gasteiger partial charge on any atom is -0.478 e. The molecule has 0 fully saturated rings. The minimum atomic E-state index is -0.796. The van der Waals surface area contributed by atoms with Gasteiger partial charge in [0.05, 0.1) is 13.2 Å². The summed E-state index contributed by atoms with van der Waals surface area (Å²) in [5.41, 5.74) is 0.472. The van der Waals surface area contributed by atoms with Crippen LogP contribution in [0.2, 0.25) is 0 Å². The first-order chi connectivity index (χ1) is 8.53. The van der Waals surface area contributed by atoms with E-state index in [9.17, 15) is 4.79 Å². The lowest BCUT2D eigenvalue weighted by molar-refractivity contribution is -0.132. The number of aliphatic hydroxyl groups excluding tert-OH is 2. The second kappa shape index (κ2) is 14.2. The molecule has 1 atom stereocenters. The van der Waals surface area contributed by atoms with E-state index in [1.165, 1.54) is 19.3 Å². The number of carboxylic acid groups (broad SMARTS) is 1. The second-order valence-corrected chi connectivity index (χ2v) is 4.29. The Morgan fingerprint density at radius 3 is 2.11 bits per heavy atom.